The number of fused-ring (bicyclic) bond motifs is 1. The summed E-state index contributed by atoms with van der Waals surface area (Å²) in [6, 6.07) is 5.33. The summed E-state index contributed by atoms with van der Waals surface area (Å²) in [6.45, 7) is 3.74. The van der Waals surface area contributed by atoms with Crippen molar-refractivity contribution < 1.29 is 0 Å². The number of pyridine rings is 1. The number of hydrogen-bond donors (Lipinski definition) is 1. The lowest BCUT2D eigenvalue weighted by Gasteiger charge is -1.99. The lowest BCUT2D eigenvalue weighted by Crippen LogP contribution is -2.14. The third-order valence-electron chi connectivity index (χ3n) is 2.88. The van der Waals surface area contributed by atoms with Crippen LogP contribution in [0.25, 0.3) is 16.8 Å². The first-order valence-corrected chi connectivity index (χ1v) is 5.66. The molecule has 0 aliphatic carbocycles. The van der Waals surface area contributed by atoms with Crippen LogP contribution in [-0.2, 0) is 0 Å². The van der Waals surface area contributed by atoms with Crippen molar-refractivity contribution in [1.29, 1.82) is 0 Å². The van der Waals surface area contributed by atoms with E-state index in [1.54, 1.807) is 12.4 Å². The van der Waals surface area contributed by atoms with Crippen LogP contribution in [0.5, 0.6) is 0 Å². The molecule has 0 saturated heterocycles. The van der Waals surface area contributed by atoms with Gasteiger partial charge in [-0.15, -0.1) is 0 Å². The van der Waals surface area contributed by atoms with Crippen LogP contribution in [0.15, 0.2) is 35.4 Å². The number of aryl methyl sites for hydroxylation is 2. The van der Waals surface area contributed by atoms with Gasteiger partial charge in [0.05, 0.1) is 0 Å². The molecule has 0 aliphatic heterocycles. The van der Waals surface area contributed by atoms with E-state index in [1.165, 1.54) is 10.6 Å². The van der Waals surface area contributed by atoms with Gasteiger partial charge in [0.2, 0.25) is 0 Å². The molecular formula is C13H12N4O. The lowest BCUT2D eigenvalue weighted by molar-refractivity contribution is 0.873. The number of aromatic nitrogens is 4. The van der Waals surface area contributed by atoms with Crippen molar-refractivity contribution in [3.8, 4) is 11.1 Å². The zero-order chi connectivity index (χ0) is 12.7. The average Bonchev–Trinajstić information content (AvgIpc) is 2.67. The van der Waals surface area contributed by atoms with Gasteiger partial charge in [0.15, 0.2) is 5.65 Å². The van der Waals surface area contributed by atoms with E-state index in [-0.39, 0.29) is 5.56 Å². The molecule has 0 radical (unpaired) electrons. The van der Waals surface area contributed by atoms with Crippen molar-refractivity contribution in [2.45, 2.75) is 13.8 Å². The molecule has 0 amide bonds. The number of H-pyrrole nitrogens is 1. The van der Waals surface area contributed by atoms with Crippen LogP contribution in [0.2, 0.25) is 0 Å². The summed E-state index contributed by atoms with van der Waals surface area (Å²) in [5, 5.41) is 3.03. The van der Waals surface area contributed by atoms with Crippen molar-refractivity contribution in [1.82, 2.24) is 19.6 Å². The van der Waals surface area contributed by atoms with E-state index < -0.39 is 0 Å². The van der Waals surface area contributed by atoms with Gasteiger partial charge in [0, 0.05) is 41.0 Å². The highest BCUT2D eigenvalue weighted by atomic mass is 16.1. The summed E-state index contributed by atoms with van der Waals surface area (Å²) in [6.07, 6.45) is 3.49. The number of aromatic amines is 1. The Morgan fingerprint density at radius 2 is 2.17 bits per heavy atom. The molecule has 3 aromatic rings. The number of nitrogens with one attached hydrogen (secondary N) is 1. The van der Waals surface area contributed by atoms with Gasteiger partial charge in [-0.2, -0.15) is 0 Å². The SMILES string of the molecule is Cc1cc(=O)n2[nH]c(C)c(-c3cccnc3)c2n1. The summed E-state index contributed by atoms with van der Waals surface area (Å²) < 4.78 is 1.46. The van der Waals surface area contributed by atoms with Gasteiger partial charge in [0.1, 0.15) is 0 Å². The molecule has 1 N–H and O–H groups in total. The van der Waals surface area contributed by atoms with E-state index >= 15 is 0 Å². The van der Waals surface area contributed by atoms with Crippen molar-refractivity contribution in [2.24, 2.45) is 0 Å². The Balaban J connectivity index is 2.43. The molecule has 0 atom stereocenters. The van der Waals surface area contributed by atoms with Crippen LogP contribution in [0.3, 0.4) is 0 Å². The Morgan fingerprint density at radius 1 is 1.33 bits per heavy atom. The van der Waals surface area contributed by atoms with Gasteiger partial charge in [0.25, 0.3) is 5.56 Å². The fraction of sp³-hybridized carbons (Fsp3) is 0.154. The van der Waals surface area contributed by atoms with Gasteiger partial charge in [-0.05, 0) is 19.9 Å². The summed E-state index contributed by atoms with van der Waals surface area (Å²) in [4.78, 5) is 20.4. The number of hydrogen-bond acceptors (Lipinski definition) is 3. The second-order valence-corrected chi connectivity index (χ2v) is 4.25. The van der Waals surface area contributed by atoms with Gasteiger partial charge in [-0.25, -0.2) is 9.50 Å². The number of nitrogens with zero attached hydrogens (tertiary/aromatic N) is 3. The maximum Gasteiger partial charge on any atom is 0.272 e. The van der Waals surface area contributed by atoms with Crippen LogP contribution >= 0.6 is 0 Å². The van der Waals surface area contributed by atoms with Gasteiger partial charge < -0.3 is 0 Å². The van der Waals surface area contributed by atoms with E-state index in [9.17, 15) is 4.79 Å². The van der Waals surface area contributed by atoms with Crippen molar-refractivity contribution in [3.63, 3.8) is 0 Å². The van der Waals surface area contributed by atoms with E-state index in [2.05, 4.69) is 15.1 Å². The smallest absolute Gasteiger partial charge is 0.272 e. The standard InChI is InChI=1S/C13H12N4O/c1-8-6-11(18)17-13(15-8)12(9(2)16-17)10-4-3-5-14-7-10/h3-7,16H,1-2H3. The topological polar surface area (TPSA) is 63.0 Å². The molecular weight excluding hydrogens is 228 g/mol. The maximum absolute atomic E-state index is 11.9. The fourth-order valence-corrected chi connectivity index (χ4v) is 2.12. The highest BCUT2D eigenvalue weighted by Crippen LogP contribution is 2.25. The molecule has 5 heteroatoms. The molecule has 3 rings (SSSR count). The third-order valence-corrected chi connectivity index (χ3v) is 2.88. The predicted octanol–water partition coefficient (Wildman–Crippen LogP) is 1.70. The van der Waals surface area contributed by atoms with Crippen LogP contribution in [0.1, 0.15) is 11.4 Å². The first-order chi connectivity index (χ1) is 8.66. The van der Waals surface area contributed by atoms with Crippen molar-refractivity contribution in [2.75, 3.05) is 0 Å². The molecule has 0 saturated carbocycles. The summed E-state index contributed by atoms with van der Waals surface area (Å²) in [5.74, 6) is 0. The quantitative estimate of drug-likeness (QED) is 0.704. The van der Waals surface area contributed by atoms with Crippen LogP contribution in [0, 0.1) is 13.8 Å². The van der Waals surface area contributed by atoms with Gasteiger partial charge >= 0.3 is 0 Å². The van der Waals surface area contributed by atoms with Crippen LogP contribution in [-0.4, -0.2) is 19.6 Å². The van der Waals surface area contributed by atoms with E-state index in [0.717, 1.165) is 16.8 Å². The minimum atomic E-state index is -0.101. The summed E-state index contributed by atoms with van der Waals surface area (Å²) in [7, 11) is 0. The molecule has 3 aromatic heterocycles. The molecule has 0 spiro atoms. The second-order valence-electron chi connectivity index (χ2n) is 4.25. The molecule has 90 valence electrons. The largest absolute Gasteiger partial charge is 0.293 e. The van der Waals surface area contributed by atoms with Crippen molar-refractivity contribution >= 4 is 5.65 Å². The molecule has 3 heterocycles. The molecule has 0 bridgehead atoms. The molecule has 0 aromatic carbocycles. The van der Waals surface area contributed by atoms with Crippen LogP contribution in [0.4, 0.5) is 0 Å². The lowest BCUT2D eigenvalue weighted by atomic mass is 10.1. The minimum Gasteiger partial charge on any atom is -0.293 e. The van der Waals surface area contributed by atoms with E-state index in [4.69, 9.17) is 0 Å². The molecule has 18 heavy (non-hydrogen) atoms. The highest BCUT2D eigenvalue weighted by Gasteiger charge is 2.13. The Labute approximate surface area is 103 Å². The third kappa shape index (κ3) is 1.52. The molecule has 0 aliphatic rings. The first-order valence-electron chi connectivity index (χ1n) is 5.66. The Hall–Kier alpha value is -2.43. The second kappa shape index (κ2) is 3.80. The van der Waals surface area contributed by atoms with Crippen molar-refractivity contribution in [3.05, 3.63) is 52.3 Å². The van der Waals surface area contributed by atoms with Gasteiger partial charge in [-0.1, -0.05) is 6.07 Å². The van der Waals surface area contributed by atoms with Gasteiger partial charge in [-0.3, -0.25) is 14.9 Å². The van der Waals surface area contributed by atoms with E-state index in [0.29, 0.717) is 11.3 Å². The maximum atomic E-state index is 11.9. The molecule has 5 nitrogen and oxygen atoms in total. The molecule has 0 fully saturated rings. The first kappa shape index (κ1) is 10.7. The minimum absolute atomic E-state index is 0.101. The Morgan fingerprint density at radius 3 is 2.89 bits per heavy atom. The Bertz CT molecular complexity index is 771. The normalized spacial score (nSPS) is 11.0. The zero-order valence-electron chi connectivity index (χ0n) is 10.1. The Kier molecular flexibility index (Phi) is 2.26. The van der Waals surface area contributed by atoms with Crippen LogP contribution < -0.4 is 5.56 Å². The number of rotatable bonds is 1. The monoisotopic (exact) mass is 240 g/mol. The predicted molar refractivity (Wildman–Crippen MR) is 68.5 cm³/mol. The van der Waals surface area contributed by atoms with E-state index in [1.807, 2.05) is 26.0 Å². The fourth-order valence-electron chi connectivity index (χ4n) is 2.12. The molecule has 0 unspecified atom stereocenters. The zero-order valence-corrected chi connectivity index (χ0v) is 10.1. The highest BCUT2D eigenvalue weighted by molar-refractivity contribution is 5.79. The summed E-state index contributed by atoms with van der Waals surface area (Å²) >= 11 is 0. The average molecular weight is 240 g/mol. The summed E-state index contributed by atoms with van der Waals surface area (Å²) in [5.41, 5.74) is 4.03.